The minimum Gasteiger partial charge on any atom is -0.497 e. The molecule has 0 amide bonds. The van der Waals surface area contributed by atoms with Gasteiger partial charge in [0.15, 0.2) is 0 Å². The van der Waals surface area contributed by atoms with Crippen LogP contribution in [0.2, 0.25) is 0 Å². The molecule has 1 aliphatic rings. The Balaban J connectivity index is 2.55. The molecule has 1 aromatic rings. The van der Waals surface area contributed by atoms with Crippen molar-refractivity contribution < 1.29 is 4.74 Å². The molecule has 0 saturated heterocycles. The number of hydrogen-bond acceptors (Lipinski definition) is 1. The lowest BCUT2D eigenvalue weighted by molar-refractivity contribution is 0.261. The fourth-order valence-corrected chi connectivity index (χ4v) is 2.72. The van der Waals surface area contributed by atoms with Gasteiger partial charge in [0.25, 0.3) is 0 Å². The van der Waals surface area contributed by atoms with E-state index in [9.17, 15) is 0 Å². The fraction of sp³-hybridized carbons (Fsp3) is 0.571. The number of quaternary nitrogens is 1. The molecule has 0 aromatic heterocycles. The molecule has 0 fully saturated rings. The van der Waals surface area contributed by atoms with Crippen molar-refractivity contribution in [1.82, 2.24) is 4.48 Å². The number of rotatable bonds is 1. The van der Waals surface area contributed by atoms with Gasteiger partial charge in [-0.3, -0.25) is 4.48 Å². The number of nitrogens with zero attached hydrogens (tertiary/aromatic N) is 1. The smallest absolute Gasteiger partial charge is 0.136 e. The lowest BCUT2D eigenvalue weighted by atomic mass is 9.86. The van der Waals surface area contributed by atoms with Crippen LogP contribution in [0.4, 0.5) is 5.69 Å². The molecular formula is C14H22NO+. The second-order valence-electron chi connectivity index (χ2n) is 5.45. The predicted molar refractivity (Wildman–Crippen MR) is 69.1 cm³/mol. The Labute approximate surface area is 98.4 Å². The third kappa shape index (κ3) is 1.61. The summed E-state index contributed by atoms with van der Waals surface area (Å²) < 4.78 is 6.29. The molecular weight excluding hydrogens is 198 g/mol. The first-order valence-electron chi connectivity index (χ1n) is 5.99. The highest BCUT2D eigenvalue weighted by molar-refractivity contribution is 5.56. The number of benzene rings is 1. The summed E-state index contributed by atoms with van der Waals surface area (Å²) in [7, 11) is 6.32. The van der Waals surface area contributed by atoms with E-state index in [1.807, 2.05) is 0 Å². The van der Waals surface area contributed by atoms with E-state index in [1.165, 1.54) is 17.7 Å². The second-order valence-corrected chi connectivity index (χ2v) is 5.45. The van der Waals surface area contributed by atoms with Gasteiger partial charge in [0.05, 0.1) is 27.2 Å². The first kappa shape index (κ1) is 11.5. The zero-order valence-corrected chi connectivity index (χ0v) is 10.9. The van der Waals surface area contributed by atoms with Crippen LogP contribution >= 0.6 is 0 Å². The van der Waals surface area contributed by atoms with Gasteiger partial charge in [0, 0.05) is 18.1 Å². The molecule has 0 N–H and O–H groups in total. The number of methoxy groups -OCH3 is 1. The molecule has 0 saturated carbocycles. The van der Waals surface area contributed by atoms with Gasteiger partial charge in [-0.2, -0.15) is 0 Å². The summed E-state index contributed by atoms with van der Waals surface area (Å²) in [6.45, 7) is 4.65. The largest absolute Gasteiger partial charge is 0.497 e. The Kier molecular flexibility index (Phi) is 2.70. The monoisotopic (exact) mass is 220 g/mol. The van der Waals surface area contributed by atoms with Crippen molar-refractivity contribution in [3.63, 3.8) is 0 Å². The van der Waals surface area contributed by atoms with Gasteiger partial charge in [0.2, 0.25) is 0 Å². The molecule has 0 unspecified atom stereocenters. The Bertz CT molecular complexity index is 398. The van der Waals surface area contributed by atoms with Gasteiger partial charge in [-0.1, -0.05) is 6.92 Å². The van der Waals surface area contributed by atoms with Gasteiger partial charge < -0.3 is 4.74 Å². The molecule has 2 heteroatoms. The molecule has 88 valence electrons. The van der Waals surface area contributed by atoms with Crippen LogP contribution < -0.4 is 9.22 Å². The average Bonchev–Trinajstić information content (AvgIpc) is 2.26. The summed E-state index contributed by atoms with van der Waals surface area (Å²) in [5.74, 6) is 1.60. The standard InChI is InChI=1S/C14H22NO/c1-10-8-11(2)15(3,4)14-7-6-12(16-5)9-13(10)14/h6-7,9-11H,8H2,1-5H3/q+1/t10-,11+/m1/s1. The summed E-state index contributed by atoms with van der Waals surface area (Å²) >= 11 is 0. The first-order valence-corrected chi connectivity index (χ1v) is 5.99. The molecule has 0 radical (unpaired) electrons. The maximum atomic E-state index is 5.32. The number of fused-ring (bicyclic) bond motifs is 1. The molecule has 2 atom stereocenters. The zero-order chi connectivity index (χ0) is 11.9. The van der Waals surface area contributed by atoms with Gasteiger partial charge in [-0.05, 0) is 25.0 Å². The molecule has 2 rings (SSSR count). The van der Waals surface area contributed by atoms with Gasteiger partial charge in [-0.25, -0.2) is 0 Å². The van der Waals surface area contributed by atoms with Crippen molar-refractivity contribution in [2.45, 2.75) is 32.2 Å². The molecule has 16 heavy (non-hydrogen) atoms. The molecule has 2 nitrogen and oxygen atoms in total. The molecule has 0 bridgehead atoms. The Morgan fingerprint density at radius 2 is 1.94 bits per heavy atom. The minimum absolute atomic E-state index is 0.631. The van der Waals surface area contributed by atoms with Crippen molar-refractivity contribution in [3.8, 4) is 5.75 Å². The highest BCUT2D eigenvalue weighted by atomic mass is 16.5. The number of ether oxygens (including phenoxy) is 1. The minimum atomic E-state index is 0.631. The van der Waals surface area contributed by atoms with E-state index < -0.39 is 0 Å². The summed E-state index contributed by atoms with van der Waals surface area (Å²) in [6.07, 6.45) is 1.24. The molecule has 1 aromatic carbocycles. The summed E-state index contributed by atoms with van der Waals surface area (Å²) in [5, 5.41) is 0. The van der Waals surface area contributed by atoms with Crippen LogP contribution in [-0.2, 0) is 0 Å². The van der Waals surface area contributed by atoms with Crippen molar-refractivity contribution in [3.05, 3.63) is 23.8 Å². The van der Waals surface area contributed by atoms with Crippen molar-refractivity contribution in [2.24, 2.45) is 0 Å². The zero-order valence-electron chi connectivity index (χ0n) is 10.9. The molecule has 0 spiro atoms. The summed E-state index contributed by atoms with van der Waals surface area (Å²) in [5.41, 5.74) is 2.88. The maximum absolute atomic E-state index is 5.32. The number of hydrogen-bond donors (Lipinski definition) is 0. The van der Waals surface area contributed by atoms with Crippen LogP contribution in [0.5, 0.6) is 5.75 Å². The molecule has 1 heterocycles. The predicted octanol–water partition coefficient (Wildman–Crippen LogP) is 3.16. The summed E-state index contributed by atoms with van der Waals surface area (Å²) in [6, 6.07) is 7.17. The summed E-state index contributed by atoms with van der Waals surface area (Å²) in [4.78, 5) is 0. The van der Waals surface area contributed by atoms with Crippen LogP contribution in [0.15, 0.2) is 18.2 Å². The second kappa shape index (κ2) is 3.77. The average molecular weight is 220 g/mol. The lowest BCUT2D eigenvalue weighted by Gasteiger charge is -2.42. The van der Waals surface area contributed by atoms with Gasteiger partial charge in [0.1, 0.15) is 11.4 Å². The van der Waals surface area contributed by atoms with Crippen LogP contribution in [0.1, 0.15) is 31.7 Å². The van der Waals surface area contributed by atoms with Crippen LogP contribution in [-0.4, -0.2) is 27.2 Å². The van der Waals surface area contributed by atoms with Crippen molar-refractivity contribution in [2.75, 3.05) is 21.2 Å². The quantitative estimate of drug-likeness (QED) is 0.661. The third-order valence-corrected chi connectivity index (χ3v) is 4.18. The Morgan fingerprint density at radius 1 is 1.25 bits per heavy atom. The normalized spacial score (nSPS) is 27.3. The maximum Gasteiger partial charge on any atom is 0.136 e. The van der Waals surface area contributed by atoms with E-state index in [-0.39, 0.29) is 0 Å². The lowest BCUT2D eigenvalue weighted by Crippen LogP contribution is -2.51. The van der Waals surface area contributed by atoms with Gasteiger partial charge >= 0.3 is 0 Å². The van der Waals surface area contributed by atoms with E-state index in [4.69, 9.17) is 4.74 Å². The molecule has 0 aliphatic carbocycles. The Hall–Kier alpha value is -1.02. The van der Waals surface area contributed by atoms with Crippen molar-refractivity contribution in [1.29, 1.82) is 0 Å². The first-order chi connectivity index (χ1) is 7.46. The van der Waals surface area contributed by atoms with E-state index in [0.29, 0.717) is 12.0 Å². The van der Waals surface area contributed by atoms with Crippen LogP contribution in [0.3, 0.4) is 0 Å². The fourth-order valence-electron chi connectivity index (χ4n) is 2.72. The SMILES string of the molecule is COc1ccc2c(c1)[C@H](C)C[C@H](C)[N+]2(C)C. The topological polar surface area (TPSA) is 9.23 Å². The van der Waals surface area contributed by atoms with E-state index >= 15 is 0 Å². The van der Waals surface area contributed by atoms with Crippen molar-refractivity contribution >= 4 is 5.69 Å². The highest BCUT2D eigenvalue weighted by Gasteiger charge is 2.37. The third-order valence-electron chi connectivity index (χ3n) is 4.18. The van der Waals surface area contributed by atoms with E-state index in [2.05, 4.69) is 46.1 Å². The van der Waals surface area contributed by atoms with Crippen LogP contribution in [0, 0.1) is 0 Å². The van der Waals surface area contributed by atoms with Crippen LogP contribution in [0.25, 0.3) is 0 Å². The Morgan fingerprint density at radius 3 is 2.56 bits per heavy atom. The van der Waals surface area contributed by atoms with E-state index in [0.717, 1.165) is 10.2 Å². The van der Waals surface area contributed by atoms with E-state index in [1.54, 1.807) is 7.11 Å². The van der Waals surface area contributed by atoms with Gasteiger partial charge in [-0.15, -0.1) is 0 Å². The highest BCUT2D eigenvalue weighted by Crippen LogP contribution is 2.42. The molecule has 1 aliphatic heterocycles.